The lowest BCUT2D eigenvalue weighted by Crippen LogP contribution is -2.24. The summed E-state index contributed by atoms with van der Waals surface area (Å²) in [6, 6.07) is 12.0. The molecule has 0 aliphatic heterocycles. The number of rotatable bonds is 8. The quantitative estimate of drug-likeness (QED) is 0.265. The SMILES string of the molecule is C=CCC1CCC(OC(=O)c2ccc(/C=C/C(=O)OCc3ccc(N)cc3N)cc2)CC1. The molecule has 0 radical (unpaired) electrons. The molecule has 2 aromatic rings. The first-order valence-corrected chi connectivity index (χ1v) is 10.8. The van der Waals surface area contributed by atoms with Gasteiger partial charge in [0.1, 0.15) is 12.7 Å². The second-order valence-corrected chi connectivity index (χ2v) is 8.09. The molecule has 0 atom stereocenters. The van der Waals surface area contributed by atoms with Crippen LogP contribution in [0.15, 0.2) is 61.2 Å². The van der Waals surface area contributed by atoms with Crippen molar-refractivity contribution >= 4 is 29.4 Å². The number of carbonyl (C=O) groups is 2. The number of benzene rings is 2. The molecular formula is C26H30N2O4. The van der Waals surface area contributed by atoms with Crippen molar-refractivity contribution in [3.8, 4) is 0 Å². The van der Waals surface area contributed by atoms with E-state index < -0.39 is 5.97 Å². The molecule has 1 fully saturated rings. The van der Waals surface area contributed by atoms with Gasteiger partial charge < -0.3 is 20.9 Å². The number of nitrogens with two attached hydrogens (primary N) is 2. The van der Waals surface area contributed by atoms with Crippen molar-refractivity contribution < 1.29 is 19.1 Å². The van der Waals surface area contributed by atoms with Crippen molar-refractivity contribution in [2.75, 3.05) is 11.5 Å². The highest BCUT2D eigenvalue weighted by Gasteiger charge is 2.23. The third kappa shape index (κ3) is 6.74. The fraction of sp³-hybridized carbons (Fsp3) is 0.308. The van der Waals surface area contributed by atoms with Crippen molar-refractivity contribution in [3.63, 3.8) is 0 Å². The summed E-state index contributed by atoms with van der Waals surface area (Å²) in [4.78, 5) is 24.4. The first kappa shape index (κ1) is 23.1. The molecule has 0 heterocycles. The number of esters is 2. The summed E-state index contributed by atoms with van der Waals surface area (Å²) in [5, 5.41) is 0. The fourth-order valence-electron chi connectivity index (χ4n) is 3.78. The van der Waals surface area contributed by atoms with Crippen LogP contribution >= 0.6 is 0 Å². The molecule has 0 bridgehead atoms. The van der Waals surface area contributed by atoms with E-state index >= 15 is 0 Å². The van der Waals surface area contributed by atoms with Gasteiger partial charge in [-0.2, -0.15) is 0 Å². The number of ether oxygens (including phenoxy) is 2. The van der Waals surface area contributed by atoms with Crippen molar-refractivity contribution in [3.05, 3.63) is 77.9 Å². The molecule has 0 saturated heterocycles. The minimum atomic E-state index is -0.489. The standard InChI is InChI=1S/C26H30N2O4/c1-2-3-18-6-13-23(14-7-18)32-26(30)20-9-4-19(5-10-20)8-15-25(29)31-17-21-11-12-22(27)16-24(21)28/h2,4-5,8-12,15-16,18,23H,1,3,6-7,13-14,17,27-28H2/b15-8+. The van der Waals surface area contributed by atoms with Gasteiger partial charge in [0.15, 0.2) is 0 Å². The smallest absolute Gasteiger partial charge is 0.338 e. The third-order valence-corrected chi connectivity index (χ3v) is 5.67. The van der Waals surface area contributed by atoms with Crippen molar-refractivity contribution in [1.82, 2.24) is 0 Å². The molecule has 4 N–H and O–H groups in total. The van der Waals surface area contributed by atoms with Gasteiger partial charge in [-0.1, -0.05) is 24.3 Å². The fourth-order valence-corrected chi connectivity index (χ4v) is 3.78. The Morgan fingerprint density at radius 1 is 1.03 bits per heavy atom. The van der Waals surface area contributed by atoms with Gasteiger partial charge in [-0.05, 0) is 73.9 Å². The van der Waals surface area contributed by atoms with Gasteiger partial charge in [0, 0.05) is 23.0 Å². The molecule has 1 aliphatic rings. The van der Waals surface area contributed by atoms with E-state index in [1.165, 1.54) is 6.08 Å². The number of allylic oxidation sites excluding steroid dienone is 1. The Balaban J connectivity index is 1.46. The summed E-state index contributed by atoms with van der Waals surface area (Å²) in [6.45, 7) is 3.86. The van der Waals surface area contributed by atoms with E-state index in [1.807, 2.05) is 6.08 Å². The highest BCUT2D eigenvalue weighted by Crippen LogP contribution is 2.29. The molecule has 2 aromatic carbocycles. The van der Waals surface area contributed by atoms with E-state index in [0.717, 1.165) is 37.7 Å². The number of carbonyl (C=O) groups excluding carboxylic acids is 2. The topological polar surface area (TPSA) is 105 Å². The number of hydrogen-bond acceptors (Lipinski definition) is 6. The average Bonchev–Trinajstić information content (AvgIpc) is 2.79. The summed E-state index contributed by atoms with van der Waals surface area (Å²) < 4.78 is 10.9. The first-order valence-electron chi connectivity index (χ1n) is 10.8. The van der Waals surface area contributed by atoms with Crippen molar-refractivity contribution in [1.29, 1.82) is 0 Å². The van der Waals surface area contributed by atoms with E-state index in [9.17, 15) is 9.59 Å². The molecule has 1 aliphatic carbocycles. The van der Waals surface area contributed by atoms with Crippen LogP contribution in [-0.2, 0) is 20.9 Å². The van der Waals surface area contributed by atoms with Crippen LogP contribution in [0.4, 0.5) is 11.4 Å². The van der Waals surface area contributed by atoms with Gasteiger partial charge in [0.05, 0.1) is 5.56 Å². The number of nitrogen functional groups attached to an aromatic ring is 2. The predicted molar refractivity (Wildman–Crippen MR) is 127 cm³/mol. The molecule has 0 aromatic heterocycles. The van der Waals surface area contributed by atoms with Crippen LogP contribution in [0.2, 0.25) is 0 Å². The lowest BCUT2D eigenvalue weighted by molar-refractivity contribution is -0.138. The molecule has 6 heteroatoms. The maximum absolute atomic E-state index is 12.4. The van der Waals surface area contributed by atoms with Gasteiger partial charge in [0.25, 0.3) is 0 Å². The Labute approximate surface area is 188 Å². The maximum Gasteiger partial charge on any atom is 0.338 e. The number of anilines is 2. The zero-order valence-corrected chi connectivity index (χ0v) is 18.2. The highest BCUT2D eigenvalue weighted by molar-refractivity contribution is 5.90. The summed E-state index contributed by atoms with van der Waals surface area (Å²) in [5.41, 5.74) is 14.5. The molecule has 168 valence electrons. The first-order chi connectivity index (χ1) is 15.4. The van der Waals surface area contributed by atoms with Crippen LogP contribution in [0.1, 0.15) is 53.6 Å². The second kappa shape index (κ2) is 11.2. The van der Waals surface area contributed by atoms with Crippen LogP contribution in [0.5, 0.6) is 0 Å². The molecule has 3 rings (SSSR count). The molecule has 0 unspecified atom stereocenters. The molecule has 0 spiro atoms. The largest absolute Gasteiger partial charge is 0.459 e. The number of hydrogen-bond donors (Lipinski definition) is 2. The van der Waals surface area contributed by atoms with E-state index in [4.69, 9.17) is 20.9 Å². The van der Waals surface area contributed by atoms with Crippen LogP contribution in [-0.4, -0.2) is 18.0 Å². The predicted octanol–water partition coefficient (Wildman–Crippen LogP) is 4.90. The van der Waals surface area contributed by atoms with Crippen LogP contribution in [0.3, 0.4) is 0 Å². The lowest BCUT2D eigenvalue weighted by atomic mass is 9.85. The molecule has 1 saturated carbocycles. The van der Waals surface area contributed by atoms with Gasteiger partial charge in [-0.3, -0.25) is 0 Å². The zero-order valence-electron chi connectivity index (χ0n) is 18.2. The Kier molecular flexibility index (Phi) is 8.08. The average molecular weight is 435 g/mol. The molecular weight excluding hydrogens is 404 g/mol. The third-order valence-electron chi connectivity index (χ3n) is 5.67. The minimum absolute atomic E-state index is 0.0204. The van der Waals surface area contributed by atoms with Gasteiger partial charge in [-0.25, -0.2) is 9.59 Å². The molecule has 6 nitrogen and oxygen atoms in total. The molecule has 32 heavy (non-hydrogen) atoms. The summed E-state index contributed by atoms with van der Waals surface area (Å²) >= 11 is 0. The minimum Gasteiger partial charge on any atom is -0.459 e. The van der Waals surface area contributed by atoms with E-state index in [2.05, 4.69) is 6.58 Å². The maximum atomic E-state index is 12.4. The lowest BCUT2D eigenvalue weighted by Gasteiger charge is -2.27. The molecule has 0 amide bonds. The van der Waals surface area contributed by atoms with Gasteiger partial charge in [0.2, 0.25) is 0 Å². The second-order valence-electron chi connectivity index (χ2n) is 8.09. The highest BCUT2D eigenvalue weighted by atomic mass is 16.5. The summed E-state index contributed by atoms with van der Waals surface area (Å²) in [6.07, 6.45) is 9.86. The Hall–Kier alpha value is -3.54. The van der Waals surface area contributed by atoms with E-state index in [-0.39, 0.29) is 18.7 Å². The Bertz CT molecular complexity index is 974. The van der Waals surface area contributed by atoms with Gasteiger partial charge >= 0.3 is 11.9 Å². The summed E-state index contributed by atoms with van der Waals surface area (Å²) in [5.74, 6) is -0.144. The van der Waals surface area contributed by atoms with Crippen LogP contribution in [0.25, 0.3) is 6.08 Å². The monoisotopic (exact) mass is 434 g/mol. The van der Waals surface area contributed by atoms with Crippen molar-refractivity contribution in [2.45, 2.75) is 44.8 Å². The van der Waals surface area contributed by atoms with Crippen molar-refractivity contribution in [2.24, 2.45) is 5.92 Å². The Morgan fingerprint density at radius 2 is 1.75 bits per heavy atom. The normalized spacial score (nSPS) is 18.2. The zero-order chi connectivity index (χ0) is 22.9. The van der Waals surface area contributed by atoms with E-state index in [0.29, 0.717) is 28.4 Å². The Morgan fingerprint density at radius 3 is 2.41 bits per heavy atom. The summed E-state index contributed by atoms with van der Waals surface area (Å²) in [7, 11) is 0. The van der Waals surface area contributed by atoms with Crippen LogP contribution in [0, 0.1) is 5.92 Å². The van der Waals surface area contributed by atoms with Gasteiger partial charge in [-0.15, -0.1) is 6.58 Å². The van der Waals surface area contributed by atoms with Crippen LogP contribution < -0.4 is 11.5 Å². The van der Waals surface area contributed by atoms with E-state index in [1.54, 1.807) is 48.5 Å².